The smallest absolute Gasteiger partial charge is 0.343 e. The van der Waals surface area contributed by atoms with E-state index < -0.39 is 16.8 Å². The zero-order valence-corrected chi connectivity index (χ0v) is 16.9. The number of ether oxygens (including phenoxy) is 1. The topological polar surface area (TPSA) is 111 Å². The molecule has 0 aliphatic carbocycles. The molecule has 0 fully saturated rings. The molecular formula is C21H14BrN3O5. The van der Waals surface area contributed by atoms with Gasteiger partial charge in [0.05, 0.1) is 16.7 Å². The van der Waals surface area contributed by atoms with Crippen LogP contribution in [0.1, 0.15) is 26.3 Å². The number of carbonyl (C=O) groups is 2. The fraction of sp³-hybridized carbons (Fsp3) is 0. The lowest BCUT2D eigenvalue weighted by atomic mass is 10.2. The second-order valence-corrected chi connectivity index (χ2v) is 6.89. The molecule has 1 amide bonds. The molecule has 9 heteroatoms. The van der Waals surface area contributed by atoms with Crippen molar-refractivity contribution in [3.63, 3.8) is 0 Å². The van der Waals surface area contributed by atoms with Crippen molar-refractivity contribution in [1.29, 1.82) is 0 Å². The summed E-state index contributed by atoms with van der Waals surface area (Å²) in [5.74, 6) is -0.610. The number of hydrogen-bond donors (Lipinski definition) is 1. The summed E-state index contributed by atoms with van der Waals surface area (Å²) < 4.78 is 6.09. The highest BCUT2D eigenvalue weighted by molar-refractivity contribution is 9.10. The normalized spacial score (nSPS) is 10.6. The first kappa shape index (κ1) is 20.9. The minimum atomic E-state index is -0.542. The van der Waals surface area contributed by atoms with Gasteiger partial charge in [0.1, 0.15) is 5.75 Å². The first-order valence-corrected chi connectivity index (χ1v) is 9.37. The first-order chi connectivity index (χ1) is 14.4. The van der Waals surface area contributed by atoms with Crippen molar-refractivity contribution in [3.05, 3.63) is 104 Å². The van der Waals surface area contributed by atoms with E-state index in [1.165, 1.54) is 30.5 Å². The number of carbonyl (C=O) groups excluding carboxylic acids is 2. The van der Waals surface area contributed by atoms with Gasteiger partial charge in [-0.2, -0.15) is 5.10 Å². The Bertz CT molecular complexity index is 1110. The van der Waals surface area contributed by atoms with E-state index >= 15 is 0 Å². The molecule has 0 unspecified atom stereocenters. The number of non-ortho nitro benzene ring substituents is 1. The molecule has 0 aliphatic heterocycles. The molecule has 0 aromatic heterocycles. The van der Waals surface area contributed by atoms with E-state index in [-0.39, 0.29) is 11.3 Å². The van der Waals surface area contributed by atoms with Crippen molar-refractivity contribution >= 4 is 39.7 Å². The molecule has 0 aliphatic rings. The van der Waals surface area contributed by atoms with E-state index in [0.29, 0.717) is 16.9 Å². The van der Waals surface area contributed by atoms with Gasteiger partial charge >= 0.3 is 5.97 Å². The Hall–Kier alpha value is -3.85. The van der Waals surface area contributed by atoms with E-state index in [4.69, 9.17) is 4.74 Å². The summed E-state index contributed by atoms with van der Waals surface area (Å²) in [4.78, 5) is 34.2. The number of nitrogens with zero attached hydrogens (tertiary/aromatic N) is 2. The van der Waals surface area contributed by atoms with Gasteiger partial charge in [-0.25, -0.2) is 10.2 Å². The summed E-state index contributed by atoms with van der Waals surface area (Å²) in [7, 11) is 0. The fourth-order valence-corrected chi connectivity index (χ4v) is 2.77. The number of nitro benzene ring substituents is 1. The van der Waals surface area contributed by atoms with Gasteiger partial charge in [0.2, 0.25) is 0 Å². The van der Waals surface area contributed by atoms with Crippen LogP contribution in [0.2, 0.25) is 0 Å². The van der Waals surface area contributed by atoms with Crippen molar-refractivity contribution < 1.29 is 19.2 Å². The summed E-state index contributed by atoms with van der Waals surface area (Å²) in [6.45, 7) is 0. The van der Waals surface area contributed by atoms with Crippen LogP contribution >= 0.6 is 15.9 Å². The van der Waals surface area contributed by atoms with Crippen LogP contribution in [-0.2, 0) is 0 Å². The molecular weight excluding hydrogens is 454 g/mol. The molecule has 3 aromatic rings. The predicted molar refractivity (Wildman–Crippen MR) is 114 cm³/mol. The van der Waals surface area contributed by atoms with Crippen LogP contribution in [0.3, 0.4) is 0 Å². The third kappa shape index (κ3) is 5.58. The third-order valence-corrected chi connectivity index (χ3v) is 4.36. The molecule has 8 nitrogen and oxygen atoms in total. The van der Waals surface area contributed by atoms with Gasteiger partial charge in [-0.1, -0.05) is 22.0 Å². The van der Waals surface area contributed by atoms with Crippen molar-refractivity contribution in [2.45, 2.75) is 0 Å². The zero-order valence-electron chi connectivity index (χ0n) is 15.3. The van der Waals surface area contributed by atoms with E-state index in [0.717, 1.165) is 4.47 Å². The van der Waals surface area contributed by atoms with E-state index in [1.807, 2.05) is 6.07 Å². The number of amides is 1. The summed E-state index contributed by atoms with van der Waals surface area (Å²) in [5, 5.41) is 14.5. The zero-order chi connectivity index (χ0) is 21.5. The van der Waals surface area contributed by atoms with Gasteiger partial charge in [0.15, 0.2) is 0 Å². The lowest BCUT2D eigenvalue weighted by Crippen LogP contribution is -2.17. The Morgan fingerprint density at radius 3 is 2.33 bits per heavy atom. The van der Waals surface area contributed by atoms with Crippen LogP contribution in [0.4, 0.5) is 5.69 Å². The van der Waals surface area contributed by atoms with E-state index in [1.54, 1.807) is 42.5 Å². The summed E-state index contributed by atoms with van der Waals surface area (Å²) >= 11 is 3.30. The van der Waals surface area contributed by atoms with Gasteiger partial charge < -0.3 is 4.74 Å². The molecule has 0 saturated heterocycles. The number of benzene rings is 3. The Kier molecular flexibility index (Phi) is 6.66. The molecule has 1 N–H and O–H groups in total. The number of nitrogens with one attached hydrogen (secondary N) is 1. The van der Waals surface area contributed by atoms with Crippen molar-refractivity contribution in [2.75, 3.05) is 0 Å². The molecule has 0 atom stereocenters. The van der Waals surface area contributed by atoms with Crippen LogP contribution < -0.4 is 10.2 Å². The van der Waals surface area contributed by atoms with Crippen LogP contribution in [0.25, 0.3) is 0 Å². The average Bonchev–Trinajstić information content (AvgIpc) is 2.75. The SMILES string of the molecule is O=C(N/N=C\c1ccc(OC(=O)c2cccc(Br)c2)cc1)c1ccc([N+](=O)[O-])cc1. The number of hydrazone groups is 1. The molecule has 0 spiro atoms. The van der Waals surface area contributed by atoms with Gasteiger partial charge in [0, 0.05) is 22.2 Å². The molecule has 0 bridgehead atoms. The Morgan fingerprint density at radius 1 is 1.00 bits per heavy atom. The predicted octanol–water partition coefficient (Wildman–Crippen LogP) is 4.34. The number of hydrogen-bond acceptors (Lipinski definition) is 6. The summed E-state index contributed by atoms with van der Waals surface area (Å²) in [6.07, 6.45) is 1.42. The lowest BCUT2D eigenvalue weighted by molar-refractivity contribution is -0.384. The lowest BCUT2D eigenvalue weighted by Gasteiger charge is -2.05. The molecule has 30 heavy (non-hydrogen) atoms. The monoisotopic (exact) mass is 467 g/mol. The van der Waals surface area contributed by atoms with E-state index in [2.05, 4.69) is 26.5 Å². The molecule has 3 rings (SSSR count). The largest absolute Gasteiger partial charge is 0.423 e. The highest BCUT2D eigenvalue weighted by Crippen LogP contribution is 2.16. The summed E-state index contributed by atoms with van der Waals surface area (Å²) in [6, 6.07) is 18.6. The molecule has 0 saturated carbocycles. The molecule has 150 valence electrons. The Morgan fingerprint density at radius 2 is 1.70 bits per heavy atom. The molecule has 3 aromatic carbocycles. The number of halogens is 1. The maximum absolute atomic E-state index is 12.1. The fourth-order valence-electron chi connectivity index (χ4n) is 2.37. The molecule has 0 heterocycles. The number of nitro groups is 1. The van der Waals surface area contributed by atoms with Gasteiger partial charge in [0.25, 0.3) is 11.6 Å². The minimum Gasteiger partial charge on any atom is -0.423 e. The third-order valence-electron chi connectivity index (χ3n) is 3.87. The second-order valence-electron chi connectivity index (χ2n) is 5.97. The quantitative estimate of drug-likeness (QED) is 0.190. The van der Waals surface area contributed by atoms with E-state index in [9.17, 15) is 19.7 Å². The minimum absolute atomic E-state index is 0.101. The number of rotatable bonds is 6. The average molecular weight is 468 g/mol. The van der Waals surface area contributed by atoms with Crippen molar-refractivity contribution in [3.8, 4) is 5.75 Å². The van der Waals surface area contributed by atoms with Crippen LogP contribution in [0, 0.1) is 10.1 Å². The maximum Gasteiger partial charge on any atom is 0.343 e. The Labute approximate surface area is 179 Å². The maximum atomic E-state index is 12.1. The highest BCUT2D eigenvalue weighted by atomic mass is 79.9. The van der Waals surface area contributed by atoms with Gasteiger partial charge in [-0.3, -0.25) is 14.9 Å². The van der Waals surface area contributed by atoms with Crippen molar-refractivity contribution in [1.82, 2.24) is 5.43 Å². The molecule has 0 radical (unpaired) electrons. The summed E-state index contributed by atoms with van der Waals surface area (Å²) in [5.41, 5.74) is 3.57. The first-order valence-electron chi connectivity index (χ1n) is 8.58. The van der Waals surface area contributed by atoms with Crippen LogP contribution in [-0.4, -0.2) is 23.0 Å². The standard InChI is InChI=1S/C21H14BrN3O5/c22-17-3-1-2-16(12-17)21(27)30-19-10-4-14(5-11-19)13-23-24-20(26)15-6-8-18(9-7-15)25(28)29/h1-13H,(H,24,26)/b23-13-. The Balaban J connectivity index is 1.56. The van der Waals surface area contributed by atoms with Crippen LogP contribution in [0.15, 0.2) is 82.4 Å². The second kappa shape index (κ2) is 9.57. The van der Waals surface area contributed by atoms with Crippen LogP contribution in [0.5, 0.6) is 5.75 Å². The van der Waals surface area contributed by atoms with Gasteiger partial charge in [-0.15, -0.1) is 0 Å². The van der Waals surface area contributed by atoms with Crippen molar-refractivity contribution in [2.24, 2.45) is 5.10 Å². The van der Waals surface area contributed by atoms with Gasteiger partial charge in [-0.05, 0) is 60.2 Å². The highest BCUT2D eigenvalue weighted by Gasteiger charge is 2.10. The number of esters is 1.